The summed E-state index contributed by atoms with van der Waals surface area (Å²) in [7, 11) is 0. The highest BCUT2D eigenvalue weighted by Gasteiger charge is 2.10. The maximum Gasteiger partial charge on any atom is 0.417 e. The molecule has 8 heteroatoms. The molecule has 0 unspecified atom stereocenters. The highest BCUT2D eigenvalue weighted by molar-refractivity contribution is 5.78. The van der Waals surface area contributed by atoms with E-state index < -0.39 is 5.76 Å². The van der Waals surface area contributed by atoms with Gasteiger partial charge in [0, 0.05) is 29.2 Å². The van der Waals surface area contributed by atoms with Crippen LogP contribution in [0.5, 0.6) is 5.75 Å². The van der Waals surface area contributed by atoms with Crippen LogP contribution in [0, 0.1) is 20.8 Å². The minimum Gasteiger partial charge on any atom is -0.494 e. The van der Waals surface area contributed by atoms with Gasteiger partial charge in [-0.1, -0.05) is 0 Å². The third-order valence-electron chi connectivity index (χ3n) is 4.83. The minimum absolute atomic E-state index is 0.464. The van der Waals surface area contributed by atoms with E-state index in [-0.39, 0.29) is 0 Å². The summed E-state index contributed by atoms with van der Waals surface area (Å²) in [6.45, 7) is 8.58. The molecular formula is C22H23N5O3. The van der Waals surface area contributed by atoms with E-state index in [0.29, 0.717) is 29.5 Å². The number of oxazole rings is 1. The molecule has 4 rings (SSSR count). The normalized spacial score (nSPS) is 10.9. The SMILES string of the molecule is CCOc1cc(Nc2ncc(C)c(Nc3ccc4oc(=O)[nH]c4c3)n2)cc(C)c1C. The van der Waals surface area contributed by atoms with Crippen molar-refractivity contribution in [3.63, 3.8) is 0 Å². The third-order valence-corrected chi connectivity index (χ3v) is 4.83. The molecule has 0 aliphatic heterocycles. The Morgan fingerprint density at radius 3 is 2.70 bits per heavy atom. The van der Waals surface area contributed by atoms with E-state index in [1.54, 1.807) is 18.3 Å². The molecule has 0 atom stereocenters. The Morgan fingerprint density at radius 1 is 1.07 bits per heavy atom. The molecule has 0 saturated carbocycles. The Hall–Kier alpha value is -3.81. The molecule has 0 amide bonds. The smallest absolute Gasteiger partial charge is 0.417 e. The van der Waals surface area contributed by atoms with Gasteiger partial charge < -0.3 is 19.8 Å². The molecule has 8 nitrogen and oxygen atoms in total. The Kier molecular flexibility index (Phi) is 5.14. The van der Waals surface area contributed by atoms with Gasteiger partial charge in [0.2, 0.25) is 5.95 Å². The summed E-state index contributed by atoms with van der Waals surface area (Å²) in [5.74, 6) is 1.48. The molecule has 154 valence electrons. The van der Waals surface area contributed by atoms with E-state index in [4.69, 9.17) is 9.15 Å². The zero-order valence-electron chi connectivity index (χ0n) is 17.3. The second-order valence-corrected chi connectivity index (χ2v) is 7.05. The number of aromatic nitrogens is 3. The van der Waals surface area contributed by atoms with E-state index >= 15 is 0 Å². The number of hydrogen-bond acceptors (Lipinski definition) is 7. The number of ether oxygens (including phenoxy) is 1. The molecule has 0 radical (unpaired) electrons. The van der Waals surface area contributed by atoms with Crippen LogP contribution in [-0.2, 0) is 0 Å². The summed E-state index contributed by atoms with van der Waals surface area (Å²) in [6.07, 6.45) is 1.75. The predicted molar refractivity (Wildman–Crippen MR) is 117 cm³/mol. The minimum atomic E-state index is -0.480. The summed E-state index contributed by atoms with van der Waals surface area (Å²) < 4.78 is 10.8. The Bertz CT molecular complexity index is 1280. The number of rotatable bonds is 6. The van der Waals surface area contributed by atoms with Crippen LogP contribution >= 0.6 is 0 Å². The average molecular weight is 405 g/mol. The van der Waals surface area contributed by atoms with E-state index in [1.165, 1.54) is 0 Å². The van der Waals surface area contributed by atoms with Crippen LogP contribution in [0.2, 0.25) is 0 Å². The third kappa shape index (κ3) is 3.98. The van der Waals surface area contributed by atoms with Crippen LogP contribution in [0.15, 0.2) is 45.7 Å². The van der Waals surface area contributed by atoms with Gasteiger partial charge >= 0.3 is 5.76 Å². The molecule has 30 heavy (non-hydrogen) atoms. The molecule has 0 aliphatic rings. The zero-order valence-corrected chi connectivity index (χ0v) is 17.3. The van der Waals surface area contributed by atoms with Gasteiger partial charge in [0.25, 0.3) is 0 Å². The van der Waals surface area contributed by atoms with Gasteiger partial charge in [0.05, 0.1) is 12.1 Å². The second-order valence-electron chi connectivity index (χ2n) is 7.05. The van der Waals surface area contributed by atoms with Crippen molar-refractivity contribution in [1.29, 1.82) is 0 Å². The number of benzene rings is 2. The lowest BCUT2D eigenvalue weighted by molar-refractivity contribution is 0.338. The van der Waals surface area contributed by atoms with Crippen LogP contribution < -0.4 is 21.1 Å². The van der Waals surface area contributed by atoms with Gasteiger partial charge in [0.1, 0.15) is 11.6 Å². The van der Waals surface area contributed by atoms with Crippen molar-refractivity contribution >= 4 is 34.2 Å². The van der Waals surface area contributed by atoms with E-state index in [1.807, 2.05) is 45.9 Å². The van der Waals surface area contributed by atoms with Crippen molar-refractivity contribution < 1.29 is 9.15 Å². The first-order chi connectivity index (χ1) is 14.4. The molecule has 0 saturated heterocycles. The fourth-order valence-corrected chi connectivity index (χ4v) is 3.13. The first kappa shape index (κ1) is 19.5. The molecule has 3 N–H and O–H groups in total. The average Bonchev–Trinajstić information content (AvgIpc) is 3.08. The fraction of sp³-hybridized carbons (Fsp3) is 0.227. The summed E-state index contributed by atoms with van der Waals surface area (Å²) >= 11 is 0. The van der Waals surface area contributed by atoms with Crippen molar-refractivity contribution in [3.05, 3.63) is 63.8 Å². The Labute approximate surface area is 173 Å². The monoisotopic (exact) mass is 405 g/mol. The molecule has 2 heterocycles. The largest absolute Gasteiger partial charge is 0.494 e. The lowest BCUT2D eigenvalue weighted by atomic mass is 10.1. The van der Waals surface area contributed by atoms with Crippen molar-refractivity contribution in [2.45, 2.75) is 27.7 Å². The van der Waals surface area contributed by atoms with Gasteiger partial charge in [-0.15, -0.1) is 0 Å². The van der Waals surface area contributed by atoms with E-state index in [2.05, 4.69) is 25.6 Å². The van der Waals surface area contributed by atoms with E-state index in [0.717, 1.165) is 33.8 Å². The number of hydrogen-bond donors (Lipinski definition) is 3. The quantitative estimate of drug-likeness (QED) is 0.426. The van der Waals surface area contributed by atoms with Crippen molar-refractivity contribution in [3.8, 4) is 5.75 Å². The van der Waals surface area contributed by atoms with Crippen LogP contribution in [0.1, 0.15) is 23.6 Å². The maximum atomic E-state index is 11.4. The van der Waals surface area contributed by atoms with Crippen molar-refractivity contribution in [1.82, 2.24) is 15.0 Å². The number of nitrogens with one attached hydrogen (secondary N) is 3. The molecule has 0 fully saturated rings. The number of H-pyrrole nitrogens is 1. The Morgan fingerprint density at radius 2 is 1.90 bits per heavy atom. The van der Waals surface area contributed by atoms with Gasteiger partial charge in [-0.25, -0.2) is 9.78 Å². The van der Waals surface area contributed by atoms with Crippen LogP contribution in [-0.4, -0.2) is 21.6 Å². The van der Waals surface area contributed by atoms with Gasteiger partial charge in [-0.05, 0) is 63.1 Å². The van der Waals surface area contributed by atoms with Crippen molar-refractivity contribution in [2.75, 3.05) is 17.2 Å². The van der Waals surface area contributed by atoms with Gasteiger partial charge in [-0.3, -0.25) is 4.98 Å². The number of aromatic amines is 1. The summed E-state index contributed by atoms with van der Waals surface area (Å²) in [4.78, 5) is 23.0. The molecule has 0 bridgehead atoms. The fourth-order valence-electron chi connectivity index (χ4n) is 3.13. The summed E-state index contributed by atoms with van der Waals surface area (Å²) in [6, 6.07) is 9.34. The van der Waals surface area contributed by atoms with Gasteiger partial charge in [0.15, 0.2) is 5.58 Å². The lowest BCUT2D eigenvalue weighted by Crippen LogP contribution is -2.04. The molecule has 4 aromatic rings. The van der Waals surface area contributed by atoms with Crippen LogP contribution in [0.3, 0.4) is 0 Å². The topological polar surface area (TPSA) is 105 Å². The van der Waals surface area contributed by atoms with Crippen molar-refractivity contribution in [2.24, 2.45) is 0 Å². The lowest BCUT2D eigenvalue weighted by Gasteiger charge is -2.14. The molecular weight excluding hydrogens is 382 g/mol. The Balaban J connectivity index is 1.60. The summed E-state index contributed by atoms with van der Waals surface area (Å²) in [5, 5.41) is 6.52. The first-order valence-electron chi connectivity index (χ1n) is 9.67. The number of nitrogens with zero attached hydrogens (tertiary/aromatic N) is 2. The van der Waals surface area contributed by atoms with Crippen LogP contribution in [0.25, 0.3) is 11.1 Å². The molecule has 0 spiro atoms. The van der Waals surface area contributed by atoms with Gasteiger partial charge in [-0.2, -0.15) is 4.98 Å². The second kappa shape index (κ2) is 7.90. The number of aryl methyl sites for hydroxylation is 2. The summed E-state index contributed by atoms with van der Waals surface area (Å²) in [5.41, 5.74) is 5.88. The maximum absolute atomic E-state index is 11.4. The molecule has 2 aromatic carbocycles. The molecule has 2 aromatic heterocycles. The highest BCUT2D eigenvalue weighted by Crippen LogP contribution is 2.28. The standard InChI is InChI=1S/C22H23N5O3/c1-5-29-19-10-16(8-12(2)14(19)4)25-21-23-11-13(3)20(27-21)24-15-6-7-18-17(9-15)26-22(28)30-18/h6-11H,5H2,1-4H3,(H,26,28)(H2,23,24,25,27). The first-order valence-corrected chi connectivity index (χ1v) is 9.67. The van der Waals surface area contributed by atoms with Crippen LogP contribution in [0.4, 0.5) is 23.1 Å². The number of anilines is 4. The molecule has 0 aliphatic carbocycles. The predicted octanol–water partition coefficient (Wildman–Crippen LogP) is 4.72. The van der Waals surface area contributed by atoms with E-state index in [9.17, 15) is 4.79 Å². The highest BCUT2D eigenvalue weighted by atomic mass is 16.5. The zero-order chi connectivity index (χ0) is 21.3. The number of fused-ring (bicyclic) bond motifs is 1.